The van der Waals surface area contributed by atoms with Crippen molar-refractivity contribution in [1.82, 2.24) is 25.3 Å². The Morgan fingerprint density at radius 3 is 3.36 bits per heavy atom. The first-order valence-electron chi connectivity index (χ1n) is 3.65. The van der Waals surface area contributed by atoms with Crippen LogP contribution in [-0.4, -0.2) is 25.3 Å². The third-order valence-corrected chi connectivity index (χ3v) is 1.62. The Balaban J connectivity index is 2.51. The highest BCUT2D eigenvalue weighted by Gasteiger charge is 2.04. The molecule has 0 bridgehead atoms. The van der Waals surface area contributed by atoms with Crippen molar-refractivity contribution in [3.63, 3.8) is 0 Å². The van der Waals surface area contributed by atoms with Crippen molar-refractivity contribution < 1.29 is 0 Å². The van der Waals surface area contributed by atoms with Crippen LogP contribution in [-0.2, 0) is 6.42 Å². The van der Waals surface area contributed by atoms with Crippen molar-refractivity contribution in [2.45, 2.75) is 19.8 Å². The molecule has 2 rings (SSSR count). The van der Waals surface area contributed by atoms with E-state index < -0.39 is 0 Å². The SMILES string of the molecule is CCCc1cnn2[nH]nnc12. The quantitative estimate of drug-likeness (QED) is 0.676. The van der Waals surface area contributed by atoms with Crippen LogP contribution in [0.1, 0.15) is 18.9 Å². The molecule has 0 fully saturated rings. The Kier molecular flexibility index (Phi) is 1.34. The predicted octanol–water partition coefficient (Wildman–Crippen LogP) is 0.405. The summed E-state index contributed by atoms with van der Waals surface area (Å²) in [6.45, 7) is 2.13. The summed E-state index contributed by atoms with van der Waals surface area (Å²) in [6, 6.07) is 0. The summed E-state index contributed by atoms with van der Waals surface area (Å²) in [4.78, 5) is 0. The van der Waals surface area contributed by atoms with Crippen molar-refractivity contribution in [3.8, 4) is 0 Å². The minimum absolute atomic E-state index is 0.840. The molecule has 0 aliphatic carbocycles. The third kappa shape index (κ3) is 0.886. The average Bonchev–Trinajstić information content (AvgIpc) is 2.53. The van der Waals surface area contributed by atoms with E-state index in [1.165, 1.54) is 0 Å². The van der Waals surface area contributed by atoms with Gasteiger partial charge in [-0.3, -0.25) is 0 Å². The number of hydrogen-bond donors (Lipinski definition) is 1. The fourth-order valence-corrected chi connectivity index (χ4v) is 1.11. The van der Waals surface area contributed by atoms with Gasteiger partial charge in [0, 0.05) is 5.56 Å². The van der Waals surface area contributed by atoms with E-state index in [0.717, 1.165) is 24.1 Å². The number of aromatic amines is 1. The molecular formula is C6H9N5. The summed E-state index contributed by atoms with van der Waals surface area (Å²) >= 11 is 0. The molecular weight excluding hydrogens is 142 g/mol. The van der Waals surface area contributed by atoms with E-state index >= 15 is 0 Å². The third-order valence-electron chi connectivity index (χ3n) is 1.62. The molecule has 2 heterocycles. The molecule has 0 radical (unpaired) electrons. The first kappa shape index (κ1) is 6.33. The van der Waals surface area contributed by atoms with Crippen LogP contribution >= 0.6 is 0 Å². The normalized spacial score (nSPS) is 11.0. The summed E-state index contributed by atoms with van der Waals surface area (Å²) < 4.78 is 1.57. The topological polar surface area (TPSA) is 58.9 Å². The van der Waals surface area contributed by atoms with Gasteiger partial charge in [-0.2, -0.15) is 10.3 Å². The molecule has 2 aromatic rings. The molecule has 0 aromatic carbocycles. The number of rotatable bonds is 2. The minimum Gasteiger partial charge on any atom is -0.177 e. The Morgan fingerprint density at radius 2 is 2.55 bits per heavy atom. The number of aromatic nitrogens is 5. The molecule has 0 atom stereocenters. The molecule has 5 heteroatoms. The molecule has 1 N–H and O–H groups in total. The molecule has 5 nitrogen and oxygen atoms in total. The lowest BCUT2D eigenvalue weighted by Gasteiger charge is -1.86. The highest BCUT2D eigenvalue weighted by molar-refractivity contribution is 5.43. The number of H-pyrrole nitrogens is 1. The van der Waals surface area contributed by atoms with Gasteiger partial charge in [-0.25, -0.2) is 0 Å². The van der Waals surface area contributed by atoms with Crippen LogP contribution in [0.25, 0.3) is 5.65 Å². The number of nitrogens with zero attached hydrogens (tertiary/aromatic N) is 4. The van der Waals surface area contributed by atoms with Gasteiger partial charge in [0.15, 0.2) is 0 Å². The largest absolute Gasteiger partial charge is 0.202 e. The predicted molar refractivity (Wildman–Crippen MR) is 39.1 cm³/mol. The van der Waals surface area contributed by atoms with E-state index in [-0.39, 0.29) is 0 Å². The highest BCUT2D eigenvalue weighted by Crippen LogP contribution is 2.06. The van der Waals surface area contributed by atoms with Crippen LogP contribution in [0.15, 0.2) is 6.20 Å². The van der Waals surface area contributed by atoms with Gasteiger partial charge in [-0.15, -0.1) is 9.73 Å². The molecule has 0 spiro atoms. The Morgan fingerprint density at radius 1 is 1.64 bits per heavy atom. The van der Waals surface area contributed by atoms with Crippen LogP contribution in [0.3, 0.4) is 0 Å². The second kappa shape index (κ2) is 2.34. The summed E-state index contributed by atoms with van der Waals surface area (Å²) in [5, 5.41) is 14.2. The first-order chi connectivity index (χ1) is 5.42. The highest BCUT2D eigenvalue weighted by atomic mass is 15.6. The van der Waals surface area contributed by atoms with Gasteiger partial charge in [0.1, 0.15) is 0 Å². The molecule has 0 saturated carbocycles. The van der Waals surface area contributed by atoms with Crippen molar-refractivity contribution in [1.29, 1.82) is 0 Å². The lowest BCUT2D eigenvalue weighted by molar-refractivity contribution is 0.742. The van der Waals surface area contributed by atoms with Crippen molar-refractivity contribution in [2.24, 2.45) is 0 Å². The Hall–Kier alpha value is -1.39. The van der Waals surface area contributed by atoms with Gasteiger partial charge in [-0.1, -0.05) is 13.3 Å². The van der Waals surface area contributed by atoms with Crippen LogP contribution < -0.4 is 0 Å². The number of nitrogens with one attached hydrogen (secondary N) is 1. The second-order valence-corrected chi connectivity index (χ2v) is 2.46. The van der Waals surface area contributed by atoms with Crippen LogP contribution in [0.4, 0.5) is 0 Å². The van der Waals surface area contributed by atoms with Crippen molar-refractivity contribution in [2.75, 3.05) is 0 Å². The Bertz CT molecular complexity index is 346. The van der Waals surface area contributed by atoms with Gasteiger partial charge < -0.3 is 0 Å². The van der Waals surface area contributed by atoms with Gasteiger partial charge in [0.25, 0.3) is 0 Å². The van der Waals surface area contributed by atoms with Gasteiger partial charge >= 0.3 is 0 Å². The first-order valence-corrected chi connectivity index (χ1v) is 3.65. The van der Waals surface area contributed by atoms with Crippen LogP contribution in [0.5, 0.6) is 0 Å². The fourth-order valence-electron chi connectivity index (χ4n) is 1.11. The standard InChI is InChI=1S/C6H9N5/c1-2-3-5-4-7-11-6(5)8-9-10-11/h4H,2-3H2,1H3,(H,8,10). The summed E-state index contributed by atoms with van der Waals surface area (Å²) in [7, 11) is 0. The summed E-state index contributed by atoms with van der Waals surface area (Å²) in [6.07, 6.45) is 3.94. The van der Waals surface area contributed by atoms with E-state index in [9.17, 15) is 0 Å². The fraction of sp³-hybridized carbons (Fsp3) is 0.500. The molecule has 58 valence electrons. The smallest absolute Gasteiger partial charge is 0.177 e. The van der Waals surface area contributed by atoms with E-state index in [1.807, 2.05) is 6.20 Å². The number of fused-ring (bicyclic) bond motifs is 1. The van der Waals surface area contributed by atoms with Crippen molar-refractivity contribution in [3.05, 3.63) is 11.8 Å². The average molecular weight is 151 g/mol. The second-order valence-electron chi connectivity index (χ2n) is 2.46. The molecule has 11 heavy (non-hydrogen) atoms. The zero-order valence-corrected chi connectivity index (χ0v) is 6.28. The lowest BCUT2D eigenvalue weighted by Crippen LogP contribution is -1.84. The lowest BCUT2D eigenvalue weighted by atomic mass is 10.2. The monoisotopic (exact) mass is 151 g/mol. The zero-order chi connectivity index (χ0) is 7.68. The summed E-state index contributed by atoms with van der Waals surface area (Å²) in [5.41, 5.74) is 1.99. The van der Waals surface area contributed by atoms with Crippen molar-refractivity contribution >= 4 is 5.65 Å². The minimum atomic E-state index is 0.840. The van der Waals surface area contributed by atoms with Gasteiger partial charge in [-0.05, 0) is 11.6 Å². The van der Waals surface area contributed by atoms with Crippen LogP contribution in [0, 0.1) is 0 Å². The number of hydrogen-bond acceptors (Lipinski definition) is 3. The van der Waals surface area contributed by atoms with Gasteiger partial charge in [0.05, 0.1) is 6.20 Å². The number of aryl methyl sites for hydroxylation is 1. The molecule has 0 aliphatic heterocycles. The van der Waals surface area contributed by atoms with E-state index in [0.29, 0.717) is 0 Å². The number of tetrazole rings is 1. The maximum atomic E-state index is 4.03. The van der Waals surface area contributed by atoms with E-state index in [4.69, 9.17) is 0 Å². The molecule has 0 saturated heterocycles. The van der Waals surface area contributed by atoms with E-state index in [2.05, 4.69) is 27.5 Å². The Labute approximate surface area is 63.4 Å². The molecule has 0 amide bonds. The summed E-state index contributed by atoms with van der Waals surface area (Å²) in [5.74, 6) is 0. The maximum absolute atomic E-state index is 4.03. The van der Waals surface area contributed by atoms with Crippen LogP contribution in [0.2, 0.25) is 0 Å². The molecule has 2 aromatic heterocycles. The molecule has 0 aliphatic rings. The van der Waals surface area contributed by atoms with Gasteiger partial charge in [0.2, 0.25) is 5.65 Å². The zero-order valence-electron chi connectivity index (χ0n) is 6.28. The maximum Gasteiger partial charge on any atom is 0.202 e. The van der Waals surface area contributed by atoms with E-state index in [1.54, 1.807) is 4.63 Å². The molecule has 0 unspecified atom stereocenters.